The molecule has 0 bridgehead atoms. The normalized spacial score (nSPS) is 12.1. The van der Waals surface area contributed by atoms with Crippen LogP contribution in [0, 0.1) is 17.0 Å². The summed E-state index contributed by atoms with van der Waals surface area (Å²) in [5, 5.41) is 11.2. The highest BCUT2D eigenvalue weighted by Gasteiger charge is 2.20. The molecule has 0 saturated carbocycles. The van der Waals surface area contributed by atoms with Gasteiger partial charge in [-0.1, -0.05) is 6.07 Å². The first-order chi connectivity index (χ1) is 9.90. The van der Waals surface area contributed by atoms with Gasteiger partial charge >= 0.3 is 0 Å². The van der Waals surface area contributed by atoms with Crippen LogP contribution in [0.4, 0.5) is 5.69 Å². The highest BCUT2D eigenvalue weighted by molar-refractivity contribution is 5.74. The number of carbonyl (C=O) groups is 1. The highest BCUT2D eigenvalue weighted by Crippen LogP contribution is 2.28. The summed E-state index contributed by atoms with van der Waals surface area (Å²) in [6, 6.07) is 7.77. The molecule has 1 amide bonds. The summed E-state index contributed by atoms with van der Waals surface area (Å²) in [5.41, 5.74) is 12.9. The smallest absolute Gasteiger partial charge is 0.293 e. The van der Waals surface area contributed by atoms with Gasteiger partial charge in [-0.25, -0.2) is 0 Å². The largest absolute Gasteiger partial charge is 0.370 e. The minimum Gasteiger partial charge on any atom is -0.370 e. The van der Waals surface area contributed by atoms with E-state index in [0.29, 0.717) is 11.4 Å². The van der Waals surface area contributed by atoms with E-state index in [4.69, 9.17) is 11.5 Å². The molecule has 1 heterocycles. The van der Waals surface area contributed by atoms with E-state index in [9.17, 15) is 14.9 Å². The van der Waals surface area contributed by atoms with Crippen LogP contribution in [0.2, 0.25) is 0 Å². The number of amides is 1. The van der Waals surface area contributed by atoms with Gasteiger partial charge in [0.25, 0.3) is 5.69 Å². The first-order valence-corrected chi connectivity index (χ1v) is 6.36. The van der Waals surface area contributed by atoms with Crippen LogP contribution in [-0.4, -0.2) is 15.4 Å². The van der Waals surface area contributed by atoms with E-state index in [0.717, 1.165) is 5.56 Å². The van der Waals surface area contributed by atoms with Crippen LogP contribution < -0.4 is 11.5 Å². The van der Waals surface area contributed by atoms with Gasteiger partial charge in [-0.15, -0.1) is 0 Å². The number of nitro groups is 1. The second-order valence-corrected chi connectivity index (χ2v) is 4.83. The van der Waals surface area contributed by atoms with Crippen molar-refractivity contribution in [2.75, 3.05) is 0 Å². The summed E-state index contributed by atoms with van der Waals surface area (Å²) in [4.78, 5) is 21.8. The summed E-state index contributed by atoms with van der Waals surface area (Å²) >= 11 is 0. The predicted molar refractivity (Wildman–Crippen MR) is 77.9 cm³/mol. The lowest BCUT2D eigenvalue weighted by Crippen LogP contribution is -2.22. The van der Waals surface area contributed by atoms with E-state index in [1.807, 2.05) is 0 Å². The van der Waals surface area contributed by atoms with Gasteiger partial charge in [0.15, 0.2) is 0 Å². The van der Waals surface area contributed by atoms with Gasteiger partial charge in [0, 0.05) is 24.4 Å². The quantitative estimate of drug-likeness (QED) is 0.641. The Labute approximate surface area is 121 Å². The second-order valence-electron chi connectivity index (χ2n) is 4.83. The van der Waals surface area contributed by atoms with Crippen LogP contribution in [0.3, 0.4) is 0 Å². The molecule has 4 N–H and O–H groups in total. The number of hydrogen-bond acceptors (Lipinski definition) is 4. The Bertz CT molecular complexity index is 693. The Morgan fingerprint density at radius 2 is 2.14 bits per heavy atom. The van der Waals surface area contributed by atoms with Gasteiger partial charge in [0.1, 0.15) is 5.69 Å². The van der Waals surface area contributed by atoms with Crippen molar-refractivity contribution in [2.24, 2.45) is 11.5 Å². The lowest BCUT2D eigenvalue weighted by atomic mass is 10.1. The molecule has 2 aromatic rings. The Hall–Kier alpha value is -2.67. The van der Waals surface area contributed by atoms with E-state index in [2.05, 4.69) is 0 Å². The monoisotopic (exact) mass is 288 g/mol. The molecule has 0 radical (unpaired) electrons. The molecule has 1 aromatic carbocycles. The zero-order chi connectivity index (χ0) is 15.6. The van der Waals surface area contributed by atoms with Crippen molar-refractivity contribution < 1.29 is 9.72 Å². The Balaban J connectivity index is 2.51. The predicted octanol–water partition coefficient (Wildman–Crippen LogP) is 1.57. The maximum Gasteiger partial charge on any atom is 0.293 e. The molecule has 2 rings (SSSR count). The Morgan fingerprint density at radius 1 is 1.43 bits per heavy atom. The van der Waals surface area contributed by atoms with Gasteiger partial charge < -0.3 is 16.0 Å². The molecular formula is C14H16N4O3. The summed E-state index contributed by atoms with van der Waals surface area (Å²) in [6.07, 6.45) is 1.65. The first-order valence-electron chi connectivity index (χ1n) is 6.36. The van der Waals surface area contributed by atoms with Crippen molar-refractivity contribution in [3.05, 3.63) is 57.9 Å². The summed E-state index contributed by atoms with van der Waals surface area (Å²) in [7, 11) is 0. The van der Waals surface area contributed by atoms with Gasteiger partial charge in [0.05, 0.1) is 11.0 Å². The van der Waals surface area contributed by atoms with Crippen molar-refractivity contribution in [3.63, 3.8) is 0 Å². The number of nitrogens with two attached hydrogens (primary N) is 2. The van der Waals surface area contributed by atoms with Crippen LogP contribution in [-0.2, 0) is 4.79 Å². The SMILES string of the molecule is Cc1ccc(-n2cccc2C(N)CC(N)=O)c([N+](=O)[O-])c1. The maximum absolute atomic E-state index is 11.2. The molecular weight excluding hydrogens is 272 g/mol. The van der Waals surface area contributed by atoms with Crippen molar-refractivity contribution in [2.45, 2.75) is 19.4 Å². The molecule has 21 heavy (non-hydrogen) atoms. The molecule has 0 aliphatic heterocycles. The van der Waals surface area contributed by atoms with Crippen molar-refractivity contribution in [3.8, 4) is 5.69 Å². The van der Waals surface area contributed by atoms with Crippen molar-refractivity contribution in [1.29, 1.82) is 0 Å². The van der Waals surface area contributed by atoms with E-state index in [1.54, 1.807) is 42.0 Å². The zero-order valence-electron chi connectivity index (χ0n) is 11.5. The Kier molecular flexibility index (Phi) is 4.04. The van der Waals surface area contributed by atoms with Crippen LogP contribution in [0.25, 0.3) is 5.69 Å². The number of hydrogen-bond donors (Lipinski definition) is 2. The fourth-order valence-electron chi connectivity index (χ4n) is 2.22. The average molecular weight is 288 g/mol. The number of nitrogens with zero attached hydrogens (tertiary/aromatic N) is 2. The summed E-state index contributed by atoms with van der Waals surface area (Å²) in [6.45, 7) is 1.78. The average Bonchev–Trinajstić information content (AvgIpc) is 2.86. The lowest BCUT2D eigenvalue weighted by Gasteiger charge is -2.15. The molecule has 0 aliphatic rings. The molecule has 0 fully saturated rings. The number of aromatic nitrogens is 1. The van der Waals surface area contributed by atoms with Crippen LogP contribution in [0.1, 0.15) is 23.7 Å². The molecule has 0 spiro atoms. The van der Waals surface area contributed by atoms with Gasteiger partial charge in [0.2, 0.25) is 5.91 Å². The van der Waals surface area contributed by atoms with Gasteiger partial charge in [-0.2, -0.15) is 0 Å². The summed E-state index contributed by atoms with van der Waals surface area (Å²) in [5.74, 6) is -0.520. The zero-order valence-corrected chi connectivity index (χ0v) is 11.5. The first kappa shape index (κ1) is 14.7. The maximum atomic E-state index is 11.2. The molecule has 1 aromatic heterocycles. The summed E-state index contributed by atoms with van der Waals surface area (Å²) < 4.78 is 1.62. The second kappa shape index (κ2) is 5.76. The minimum atomic E-state index is -0.613. The lowest BCUT2D eigenvalue weighted by molar-refractivity contribution is -0.384. The van der Waals surface area contributed by atoms with Crippen LogP contribution >= 0.6 is 0 Å². The van der Waals surface area contributed by atoms with E-state index in [1.165, 1.54) is 6.07 Å². The number of primary amides is 1. The number of aryl methyl sites for hydroxylation is 1. The van der Waals surface area contributed by atoms with E-state index < -0.39 is 16.9 Å². The minimum absolute atomic E-state index is 0.0151. The fourth-order valence-corrected chi connectivity index (χ4v) is 2.22. The van der Waals surface area contributed by atoms with E-state index >= 15 is 0 Å². The highest BCUT2D eigenvalue weighted by atomic mass is 16.6. The molecule has 1 atom stereocenters. The molecule has 0 aliphatic carbocycles. The molecule has 110 valence electrons. The molecule has 0 saturated heterocycles. The third-order valence-corrected chi connectivity index (χ3v) is 3.17. The third-order valence-electron chi connectivity index (χ3n) is 3.17. The number of carbonyl (C=O) groups excluding carboxylic acids is 1. The number of benzene rings is 1. The van der Waals surface area contributed by atoms with Crippen molar-refractivity contribution in [1.82, 2.24) is 4.57 Å². The number of nitro benzene ring substituents is 1. The third kappa shape index (κ3) is 3.09. The Morgan fingerprint density at radius 3 is 2.76 bits per heavy atom. The van der Waals surface area contributed by atoms with Gasteiger partial charge in [-0.3, -0.25) is 14.9 Å². The molecule has 7 nitrogen and oxygen atoms in total. The van der Waals surface area contributed by atoms with Gasteiger partial charge in [-0.05, 0) is 30.7 Å². The van der Waals surface area contributed by atoms with Crippen molar-refractivity contribution >= 4 is 11.6 Å². The standard InChI is InChI=1S/C14H16N4O3/c1-9-4-5-12(13(7-9)18(20)21)17-6-2-3-11(17)10(15)8-14(16)19/h2-7,10H,8,15H2,1H3,(H2,16,19). The molecule has 1 unspecified atom stereocenters. The fraction of sp³-hybridized carbons (Fsp3) is 0.214. The van der Waals surface area contributed by atoms with Crippen LogP contribution in [0.5, 0.6) is 0 Å². The van der Waals surface area contributed by atoms with E-state index in [-0.39, 0.29) is 12.1 Å². The topological polar surface area (TPSA) is 117 Å². The number of rotatable bonds is 5. The molecule has 7 heteroatoms. The van der Waals surface area contributed by atoms with Crippen LogP contribution in [0.15, 0.2) is 36.5 Å².